The largest absolute Gasteiger partial charge is 0.497 e. The van der Waals surface area contributed by atoms with E-state index in [0.29, 0.717) is 28.8 Å². The Bertz CT molecular complexity index is 6750. The maximum Gasteiger partial charge on any atom is 0.340 e. The summed E-state index contributed by atoms with van der Waals surface area (Å²) in [4.78, 5) is 48.9. The van der Waals surface area contributed by atoms with E-state index in [4.69, 9.17) is 67.0 Å². The zero-order chi connectivity index (χ0) is 93.6. The molecule has 0 spiro atoms. The van der Waals surface area contributed by atoms with E-state index in [-0.39, 0.29) is 11.6 Å². The number of aromatic nitrogens is 13. The van der Waals surface area contributed by atoms with Gasteiger partial charge in [-0.15, -0.1) is 66.9 Å². The van der Waals surface area contributed by atoms with Gasteiger partial charge >= 0.3 is 5.69 Å². The number of H-pyrrole nitrogens is 3. The quantitative estimate of drug-likeness (QED) is 0.0700. The van der Waals surface area contributed by atoms with E-state index < -0.39 is 0 Å². The van der Waals surface area contributed by atoms with E-state index in [1.165, 1.54) is 80.0 Å². The number of rotatable bonds is 8. The Morgan fingerprint density at radius 2 is 1.10 bits per heavy atom. The average molecular weight is 1890 g/mol. The summed E-state index contributed by atoms with van der Waals surface area (Å²) in [6, 6.07) is 78.1. The molecule has 12 N–H and O–H groups in total. The summed E-state index contributed by atoms with van der Waals surface area (Å²) in [7, 11) is 3.65. The summed E-state index contributed by atoms with van der Waals surface area (Å²) < 4.78 is 13.5. The standard InChI is InChI=1S/C15H17NO.C10H10N2.C10H9NS.2C9H9N3.C9H9N.C8H7NOS.C8H9NO.C7H7N3OS.C5H4Cl2S.C5H5ClS.C5H8N2/c1-12-8-9-15(17-2)10-13(12)11-16-14-6-4-3-5-7-14;1-7-2-3-8-4-5-12-10(11)9(8)6-7;1-8-5-6-10(12-8)9-4-2-3-7-11-9;1-6-2-3-8-7(4-6)5-11-12-9(8)10;1-6-2-3-7-5-11-12-9(10)8(7)4-6;1-7-2-3-9-8(6-7)4-5-10-9;1-6-2-3-8(11-6)7-4-5-10-9-7;1-6-4-2-3-5-7(6)8(9)10;1-4-2-3-5(12-4)6-8-7(11)10-9-6;1-3-4(6)2-5(7)8-3;1-4-2-3-5(6)7-4;1-5-3-7(2)4-6-5/h3-10,16H,11H2,1-2H3;2-6H,1H3,(H2,11,12);2-7H,1H3;2*2-5H,1H3,(H2,10,12);2-6,10H,1H3;2-5H,1H3;2-5H,1H3,(H2,9,10);2-3H,1H3,(H2,8,9,10,11);2H,1H3;2-3H,1H3;3-4H,1-2H3. The number of aryl methyl sites for hydroxylation is 13. The smallest absolute Gasteiger partial charge is 0.340 e. The molecule has 0 radical (unpaired) electrons. The van der Waals surface area contributed by atoms with Crippen LogP contribution >= 0.6 is 91.5 Å². The van der Waals surface area contributed by atoms with Crippen molar-refractivity contribution in [3.63, 3.8) is 0 Å². The molecule has 0 aliphatic carbocycles. The van der Waals surface area contributed by atoms with E-state index in [1.807, 2.05) is 213 Å². The molecular formula is C100H103Cl3N18O4S5. The SMILES string of the molecule is COc1ccc(C)c(CNc2ccccc2)c1.Cc1ccc(-c2ccccn2)s1.Cc1ccc(-c2ccon2)s1.Cc1ccc(-c2n[nH]c(=O)[nH]2)s1.Cc1ccc(Cl)s1.Cc1ccc2[nH]ccc2c1.Cc1ccc2c(N)nncc2c1.Cc1ccc2ccnc(N)c2c1.Cc1ccc2cnnc(N)c2c1.Cc1ccccc1C(N)=O.Cc1cn(C)cn1.Cc1sc(Cl)cc1Cl. The number of para-hydroxylation sites is 1. The lowest BCUT2D eigenvalue weighted by atomic mass is 10.1. The van der Waals surface area contributed by atoms with Crippen LogP contribution < -0.4 is 38.7 Å². The van der Waals surface area contributed by atoms with Crippen LogP contribution in [0.1, 0.15) is 79.4 Å². The van der Waals surface area contributed by atoms with Gasteiger partial charge in [0.15, 0.2) is 17.5 Å². The van der Waals surface area contributed by atoms with Gasteiger partial charge < -0.3 is 47.1 Å². The fourth-order valence-electron chi connectivity index (χ4n) is 11.8. The molecule has 20 rings (SSSR count). The molecule has 1 amide bonds. The van der Waals surface area contributed by atoms with E-state index in [0.717, 1.165) is 101 Å². The number of nitrogen functional groups attached to an aromatic ring is 3. The van der Waals surface area contributed by atoms with Crippen molar-refractivity contribution in [2.45, 2.75) is 89.6 Å². The van der Waals surface area contributed by atoms with Gasteiger partial charge in [0.2, 0.25) is 5.91 Å². The van der Waals surface area contributed by atoms with Gasteiger partial charge in [0.1, 0.15) is 23.5 Å². The highest BCUT2D eigenvalue weighted by molar-refractivity contribution is 7.17. The molecule has 0 saturated heterocycles. The first-order valence-corrected chi connectivity index (χ1v) is 45.8. The molecule has 20 aromatic rings. The number of ether oxygens (including phenoxy) is 1. The molecule has 13 heterocycles. The molecule has 13 aromatic heterocycles. The number of halogens is 3. The Hall–Kier alpha value is -13.5. The number of nitrogens with zero attached hydrogens (tertiary/aromatic N) is 10. The summed E-state index contributed by atoms with van der Waals surface area (Å²) in [5.41, 5.74) is 36.2. The minimum Gasteiger partial charge on any atom is -0.497 e. The summed E-state index contributed by atoms with van der Waals surface area (Å²) >= 11 is 25.0. The molecule has 30 heteroatoms. The van der Waals surface area contributed by atoms with Crippen LogP contribution in [0, 0.1) is 83.1 Å². The Labute approximate surface area is 791 Å². The predicted molar refractivity (Wildman–Crippen MR) is 548 cm³/mol. The number of aromatic amines is 3. The van der Waals surface area contributed by atoms with Crippen LogP contribution in [-0.4, -0.2) is 78.3 Å². The minimum atomic E-state index is -0.363. The van der Waals surface area contributed by atoms with Crippen molar-refractivity contribution in [2.75, 3.05) is 29.6 Å². The van der Waals surface area contributed by atoms with Gasteiger partial charge in [0.25, 0.3) is 0 Å². The fourth-order valence-corrected chi connectivity index (χ4v) is 16.7. The summed E-state index contributed by atoms with van der Waals surface area (Å²) in [5.74, 6) is 2.75. The number of primary amides is 1. The molecular weight excluding hydrogens is 1780 g/mol. The molecule has 130 heavy (non-hydrogen) atoms. The molecule has 0 unspecified atom stereocenters. The summed E-state index contributed by atoms with van der Waals surface area (Å²) in [5, 5.41) is 36.7. The number of hydrogen-bond donors (Lipinski definition) is 8. The van der Waals surface area contributed by atoms with Crippen LogP contribution in [0.25, 0.3) is 75.1 Å². The number of imidazole rings is 1. The summed E-state index contributed by atoms with van der Waals surface area (Å²) in [6.45, 7) is 25.2. The van der Waals surface area contributed by atoms with Crippen LogP contribution in [0.15, 0.2) is 296 Å². The summed E-state index contributed by atoms with van der Waals surface area (Å²) in [6.07, 6.45) is 14.3. The lowest BCUT2D eigenvalue weighted by Gasteiger charge is -2.10. The maximum atomic E-state index is 10.7. The van der Waals surface area contributed by atoms with Crippen molar-refractivity contribution < 1.29 is 14.1 Å². The van der Waals surface area contributed by atoms with E-state index in [1.54, 1.807) is 102 Å². The molecule has 0 atom stereocenters. The second-order valence-electron chi connectivity index (χ2n) is 29.2. The molecule has 7 aromatic carbocycles. The number of pyridine rings is 2. The van der Waals surface area contributed by atoms with Gasteiger partial charge in [-0.05, 0) is 250 Å². The molecule has 0 bridgehead atoms. The highest BCUT2D eigenvalue weighted by Crippen LogP contribution is 2.31. The fraction of sp³-hybridized carbons (Fsp3) is 0.150. The number of hydrogen-bond acceptors (Lipinski definition) is 22. The highest BCUT2D eigenvalue weighted by atomic mass is 35.5. The second kappa shape index (κ2) is 51.5. The molecule has 0 saturated carbocycles. The van der Waals surface area contributed by atoms with Gasteiger partial charge in [0, 0.05) is 113 Å². The van der Waals surface area contributed by atoms with Gasteiger partial charge in [0.05, 0.1) is 65.5 Å². The van der Waals surface area contributed by atoms with Crippen LogP contribution in [0.4, 0.5) is 23.1 Å². The first-order chi connectivity index (χ1) is 62.4. The first-order valence-electron chi connectivity index (χ1n) is 40.6. The van der Waals surface area contributed by atoms with Crippen LogP contribution in [0.5, 0.6) is 5.75 Å². The Morgan fingerprint density at radius 3 is 1.62 bits per heavy atom. The van der Waals surface area contributed by atoms with Crippen LogP contribution in [0.2, 0.25) is 13.7 Å². The third kappa shape index (κ3) is 33.3. The third-order valence-corrected chi connectivity index (χ3v) is 24.4. The normalized spacial score (nSPS) is 10.1. The van der Waals surface area contributed by atoms with Gasteiger partial charge in [-0.3, -0.25) is 14.8 Å². The number of carbonyl (C=O) groups is 1. The zero-order valence-corrected chi connectivity index (χ0v) is 80.8. The van der Waals surface area contributed by atoms with Crippen molar-refractivity contribution in [1.29, 1.82) is 0 Å². The van der Waals surface area contributed by atoms with Gasteiger partial charge in [-0.1, -0.05) is 153 Å². The van der Waals surface area contributed by atoms with Crippen LogP contribution in [0.3, 0.4) is 0 Å². The number of nitrogens with one attached hydrogen (secondary N) is 4. The highest BCUT2D eigenvalue weighted by Gasteiger charge is 2.09. The van der Waals surface area contributed by atoms with Crippen molar-refractivity contribution in [3.8, 4) is 37.6 Å². The minimum absolute atomic E-state index is 0.268. The number of fused-ring (bicyclic) bond motifs is 4. The zero-order valence-electron chi connectivity index (χ0n) is 74.4. The monoisotopic (exact) mass is 1880 g/mol. The lowest BCUT2D eigenvalue weighted by Crippen LogP contribution is -2.12. The molecule has 0 aliphatic heterocycles. The number of amides is 1. The van der Waals surface area contributed by atoms with Crippen molar-refractivity contribution >= 4 is 164 Å². The topological polar surface area (TPSA) is 341 Å². The maximum absolute atomic E-state index is 10.7. The van der Waals surface area contributed by atoms with Crippen LogP contribution in [-0.2, 0) is 13.6 Å². The number of thiophene rings is 5. The van der Waals surface area contributed by atoms with Crippen molar-refractivity contribution in [1.82, 2.24) is 65.2 Å². The Morgan fingerprint density at radius 1 is 0.508 bits per heavy atom. The third-order valence-electron chi connectivity index (χ3n) is 18.5. The van der Waals surface area contributed by atoms with Gasteiger partial charge in [-0.25, -0.2) is 19.9 Å². The molecule has 0 fully saturated rings. The first kappa shape index (κ1) is 100. The molecule has 22 nitrogen and oxygen atoms in total. The van der Waals surface area contributed by atoms with E-state index in [2.05, 4.69) is 185 Å². The number of nitrogens with two attached hydrogens (primary N) is 4. The number of methoxy groups -OCH3 is 1. The second-order valence-corrected chi connectivity index (χ2v) is 37.2. The number of carbonyl (C=O) groups excluding carboxylic acids is 1. The molecule has 668 valence electrons. The Balaban J connectivity index is 0.000000161. The van der Waals surface area contributed by atoms with E-state index in [9.17, 15) is 9.59 Å². The van der Waals surface area contributed by atoms with E-state index >= 15 is 0 Å². The average Bonchev–Trinajstić information content (AvgIpc) is 0.836. The predicted octanol–water partition coefficient (Wildman–Crippen LogP) is 26.1. The van der Waals surface area contributed by atoms with Crippen molar-refractivity contribution in [2.24, 2.45) is 12.8 Å². The Kier molecular flexibility index (Phi) is 39.7. The van der Waals surface area contributed by atoms with Gasteiger partial charge in [-0.2, -0.15) is 15.3 Å². The molecule has 0 aliphatic rings. The lowest BCUT2D eigenvalue weighted by molar-refractivity contribution is 0.0999. The number of anilines is 4. The number of benzene rings is 7. The van der Waals surface area contributed by atoms with Crippen molar-refractivity contribution in [3.05, 3.63) is 385 Å².